The van der Waals surface area contributed by atoms with Crippen molar-refractivity contribution in [3.05, 3.63) is 35.4 Å². The maximum Gasteiger partial charge on any atom is 0.0236 e. The van der Waals surface area contributed by atoms with E-state index in [2.05, 4.69) is 48.3 Å². The fourth-order valence-electron chi connectivity index (χ4n) is 2.56. The summed E-state index contributed by atoms with van der Waals surface area (Å²) in [7, 11) is 0. The highest BCUT2D eigenvalue weighted by Gasteiger charge is 2.14. The van der Waals surface area contributed by atoms with E-state index in [9.17, 15) is 0 Å². The van der Waals surface area contributed by atoms with Crippen molar-refractivity contribution in [3.63, 3.8) is 0 Å². The first-order valence-electron chi connectivity index (χ1n) is 7.25. The highest BCUT2D eigenvalue weighted by Crippen LogP contribution is 2.18. The number of rotatable bonds is 6. The van der Waals surface area contributed by atoms with Gasteiger partial charge < -0.3 is 5.32 Å². The lowest BCUT2D eigenvalue weighted by atomic mass is 10.00. The van der Waals surface area contributed by atoms with E-state index in [1.165, 1.54) is 31.5 Å². The van der Waals surface area contributed by atoms with Crippen molar-refractivity contribution in [1.29, 1.82) is 0 Å². The minimum Gasteiger partial charge on any atom is -0.316 e. The van der Waals surface area contributed by atoms with Gasteiger partial charge in [0.05, 0.1) is 0 Å². The third kappa shape index (κ3) is 4.11. The zero-order valence-corrected chi connectivity index (χ0v) is 11.8. The molecule has 1 aliphatic rings. The molecular formula is C16H26N2. The molecule has 0 aromatic heterocycles. The van der Waals surface area contributed by atoms with E-state index in [-0.39, 0.29) is 0 Å². The van der Waals surface area contributed by atoms with Gasteiger partial charge in [0.15, 0.2) is 0 Å². The molecule has 1 N–H and O–H groups in total. The second-order valence-corrected chi connectivity index (χ2v) is 5.75. The smallest absolute Gasteiger partial charge is 0.0236 e. The van der Waals surface area contributed by atoms with Gasteiger partial charge in [0, 0.05) is 13.1 Å². The van der Waals surface area contributed by atoms with Crippen LogP contribution in [-0.4, -0.2) is 31.1 Å². The van der Waals surface area contributed by atoms with E-state index in [1.54, 1.807) is 5.56 Å². The van der Waals surface area contributed by atoms with Gasteiger partial charge in [0.2, 0.25) is 0 Å². The molecule has 1 heterocycles. The molecule has 0 amide bonds. The molecule has 0 atom stereocenters. The van der Waals surface area contributed by atoms with Crippen molar-refractivity contribution >= 4 is 0 Å². The third-order valence-electron chi connectivity index (χ3n) is 3.59. The van der Waals surface area contributed by atoms with E-state index in [0.717, 1.165) is 25.6 Å². The first kappa shape index (κ1) is 13.6. The van der Waals surface area contributed by atoms with Crippen LogP contribution in [0.1, 0.15) is 31.4 Å². The van der Waals surface area contributed by atoms with E-state index in [1.807, 2.05) is 0 Å². The molecule has 0 radical (unpaired) electrons. The Bertz CT molecular complexity index is 360. The molecule has 0 saturated carbocycles. The van der Waals surface area contributed by atoms with Crippen molar-refractivity contribution in [3.8, 4) is 0 Å². The van der Waals surface area contributed by atoms with Gasteiger partial charge >= 0.3 is 0 Å². The maximum atomic E-state index is 3.52. The third-order valence-corrected chi connectivity index (χ3v) is 3.59. The number of fused-ring (bicyclic) bond motifs is 1. The quantitative estimate of drug-likeness (QED) is 0.776. The molecule has 100 valence electrons. The molecule has 0 unspecified atom stereocenters. The Morgan fingerprint density at radius 2 is 2.00 bits per heavy atom. The summed E-state index contributed by atoms with van der Waals surface area (Å²) in [4.78, 5) is 2.58. The van der Waals surface area contributed by atoms with Crippen LogP contribution < -0.4 is 5.32 Å². The van der Waals surface area contributed by atoms with Gasteiger partial charge in [-0.2, -0.15) is 0 Å². The highest BCUT2D eigenvalue weighted by molar-refractivity contribution is 5.28. The normalized spacial score (nSPS) is 15.9. The summed E-state index contributed by atoms with van der Waals surface area (Å²) in [5, 5.41) is 3.52. The minimum atomic E-state index is 0.756. The molecule has 0 fully saturated rings. The van der Waals surface area contributed by atoms with Crippen molar-refractivity contribution in [2.45, 2.75) is 33.2 Å². The Morgan fingerprint density at radius 1 is 1.22 bits per heavy atom. The Balaban J connectivity index is 1.67. The van der Waals surface area contributed by atoms with Gasteiger partial charge in [-0.05, 0) is 49.5 Å². The average molecular weight is 246 g/mol. The standard InChI is InChI=1S/C16H26N2/c1-14(2)12-17-9-5-10-18-11-8-15-6-3-4-7-16(15)13-18/h3-4,6-7,14,17H,5,8-13H2,1-2H3. The number of hydrogen-bond acceptors (Lipinski definition) is 2. The Hall–Kier alpha value is -0.860. The summed E-state index contributed by atoms with van der Waals surface area (Å²) >= 11 is 0. The number of nitrogens with one attached hydrogen (secondary N) is 1. The second-order valence-electron chi connectivity index (χ2n) is 5.75. The van der Waals surface area contributed by atoms with Crippen molar-refractivity contribution < 1.29 is 0 Å². The molecular weight excluding hydrogens is 220 g/mol. The molecule has 1 aromatic carbocycles. The summed E-state index contributed by atoms with van der Waals surface area (Å²) in [6.07, 6.45) is 2.48. The Morgan fingerprint density at radius 3 is 2.78 bits per heavy atom. The summed E-state index contributed by atoms with van der Waals surface area (Å²) in [6, 6.07) is 8.87. The van der Waals surface area contributed by atoms with Crippen LogP contribution in [0.4, 0.5) is 0 Å². The van der Waals surface area contributed by atoms with Gasteiger partial charge in [0.1, 0.15) is 0 Å². The molecule has 2 nitrogen and oxygen atoms in total. The summed E-state index contributed by atoms with van der Waals surface area (Å²) in [5.74, 6) is 0.756. The SMILES string of the molecule is CC(C)CNCCCN1CCc2ccccc2C1. The highest BCUT2D eigenvalue weighted by atomic mass is 15.1. The predicted octanol–water partition coefficient (Wildman–Crippen LogP) is 2.68. The molecule has 0 bridgehead atoms. The molecule has 1 aliphatic heterocycles. The van der Waals surface area contributed by atoms with Crippen LogP contribution in [0, 0.1) is 5.92 Å². The fraction of sp³-hybridized carbons (Fsp3) is 0.625. The van der Waals surface area contributed by atoms with Gasteiger partial charge in [-0.3, -0.25) is 4.90 Å². The van der Waals surface area contributed by atoms with Gasteiger partial charge in [-0.15, -0.1) is 0 Å². The van der Waals surface area contributed by atoms with Crippen LogP contribution in [-0.2, 0) is 13.0 Å². The maximum absolute atomic E-state index is 3.52. The average Bonchev–Trinajstić information content (AvgIpc) is 2.38. The molecule has 2 heteroatoms. The topological polar surface area (TPSA) is 15.3 Å². The predicted molar refractivity (Wildman–Crippen MR) is 77.7 cm³/mol. The summed E-state index contributed by atoms with van der Waals surface area (Å²) < 4.78 is 0. The summed E-state index contributed by atoms with van der Waals surface area (Å²) in [6.45, 7) is 10.4. The lowest BCUT2D eigenvalue weighted by molar-refractivity contribution is 0.249. The molecule has 1 aromatic rings. The van der Waals surface area contributed by atoms with Gasteiger partial charge in [-0.25, -0.2) is 0 Å². The van der Waals surface area contributed by atoms with Crippen LogP contribution in [0.25, 0.3) is 0 Å². The lowest BCUT2D eigenvalue weighted by Crippen LogP contribution is -2.33. The molecule has 18 heavy (non-hydrogen) atoms. The van der Waals surface area contributed by atoms with E-state index in [0.29, 0.717) is 0 Å². The van der Waals surface area contributed by atoms with Crippen LogP contribution in [0.3, 0.4) is 0 Å². The molecule has 0 saturated heterocycles. The largest absolute Gasteiger partial charge is 0.316 e. The molecule has 0 spiro atoms. The zero-order chi connectivity index (χ0) is 12.8. The first-order valence-corrected chi connectivity index (χ1v) is 7.25. The lowest BCUT2D eigenvalue weighted by Gasteiger charge is -2.28. The monoisotopic (exact) mass is 246 g/mol. The molecule has 0 aliphatic carbocycles. The van der Waals surface area contributed by atoms with Crippen molar-refractivity contribution in [1.82, 2.24) is 10.2 Å². The van der Waals surface area contributed by atoms with Gasteiger partial charge in [0.25, 0.3) is 0 Å². The van der Waals surface area contributed by atoms with Crippen LogP contribution in [0.15, 0.2) is 24.3 Å². The van der Waals surface area contributed by atoms with E-state index in [4.69, 9.17) is 0 Å². The van der Waals surface area contributed by atoms with Gasteiger partial charge in [-0.1, -0.05) is 38.1 Å². The van der Waals surface area contributed by atoms with Crippen LogP contribution in [0.5, 0.6) is 0 Å². The zero-order valence-electron chi connectivity index (χ0n) is 11.8. The second kappa shape index (κ2) is 6.91. The van der Waals surface area contributed by atoms with Crippen molar-refractivity contribution in [2.24, 2.45) is 5.92 Å². The van der Waals surface area contributed by atoms with Crippen LogP contribution in [0.2, 0.25) is 0 Å². The van der Waals surface area contributed by atoms with E-state index >= 15 is 0 Å². The van der Waals surface area contributed by atoms with E-state index < -0.39 is 0 Å². The Labute approximate surface area is 111 Å². The van der Waals surface area contributed by atoms with Crippen LogP contribution >= 0.6 is 0 Å². The number of nitrogens with zero attached hydrogens (tertiary/aromatic N) is 1. The fourth-order valence-corrected chi connectivity index (χ4v) is 2.56. The molecule has 2 rings (SSSR count). The minimum absolute atomic E-state index is 0.756. The first-order chi connectivity index (χ1) is 8.75. The number of benzene rings is 1. The number of hydrogen-bond donors (Lipinski definition) is 1. The summed E-state index contributed by atoms with van der Waals surface area (Å²) in [5.41, 5.74) is 3.07. The van der Waals surface area contributed by atoms with Crippen molar-refractivity contribution in [2.75, 3.05) is 26.2 Å². The Kier molecular flexibility index (Phi) is 5.21.